The van der Waals surface area contributed by atoms with Gasteiger partial charge in [-0.05, 0) is 37.6 Å². The summed E-state index contributed by atoms with van der Waals surface area (Å²) < 4.78 is 9.47. The highest BCUT2D eigenvalue weighted by Crippen LogP contribution is 2.26. The summed E-state index contributed by atoms with van der Waals surface area (Å²) >= 11 is 0. The second-order valence-corrected chi connectivity index (χ2v) is 6.96. The molecule has 0 unspecified atom stereocenters. The molecular formula is C19H24N6O. The molecule has 3 heterocycles. The van der Waals surface area contributed by atoms with Gasteiger partial charge >= 0.3 is 0 Å². The molecule has 1 aromatic carbocycles. The topological polar surface area (TPSA) is 61.0 Å². The monoisotopic (exact) mass is 352 g/mol. The lowest BCUT2D eigenvalue weighted by atomic mass is 10.0. The first-order valence-corrected chi connectivity index (χ1v) is 8.85. The molecule has 0 N–H and O–H groups in total. The van der Waals surface area contributed by atoms with E-state index in [1.165, 1.54) is 11.3 Å². The zero-order chi connectivity index (χ0) is 18.1. The number of hydrogen-bond donors (Lipinski definition) is 0. The summed E-state index contributed by atoms with van der Waals surface area (Å²) in [6, 6.07) is 9.01. The fourth-order valence-corrected chi connectivity index (χ4v) is 3.64. The van der Waals surface area contributed by atoms with Crippen molar-refractivity contribution in [2.24, 2.45) is 0 Å². The highest BCUT2D eigenvalue weighted by molar-refractivity contribution is 5.37. The predicted molar refractivity (Wildman–Crippen MR) is 98.1 cm³/mol. The number of aryl methyl sites for hydroxylation is 2. The molecule has 0 spiro atoms. The number of methoxy groups -OCH3 is 1. The number of rotatable bonds is 6. The largest absolute Gasteiger partial charge is 0.496 e. The molecule has 26 heavy (non-hydrogen) atoms. The van der Waals surface area contributed by atoms with Crippen LogP contribution in [-0.2, 0) is 13.1 Å². The van der Waals surface area contributed by atoms with E-state index in [0.29, 0.717) is 12.6 Å². The van der Waals surface area contributed by atoms with Crippen LogP contribution in [0.4, 0.5) is 0 Å². The average molecular weight is 352 g/mol. The lowest BCUT2D eigenvalue weighted by Crippen LogP contribution is -2.47. The minimum atomic E-state index is 0.483. The molecule has 1 aliphatic rings. The Bertz CT molecular complexity index is 880. The third-order valence-corrected chi connectivity index (χ3v) is 4.88. The van der Waals surface area contributed by atoms with Crippen molar-refractivity contribution in [2.75, 3.05) is 20.2 Å². The molecule has 0 amide bonds. The second kappa shape index (κ2) is 6.92. The maximum absolute atomic E-state index is 5.50. The van der Waals surface area contributed by atoms with Gasteiger partial charge in [-0.3, -0.25) is 9.58 Å². The Morgan fingerprint density at radius 1 is 1.15 bits per heavy atom. The molecule has 2 aromatic heterocycles. The molecule has 1 fully saturated rings. The van der Waals surface area contributed by atoms with Crippen LogP contribution in [0.1, 0.15) is 28.6 Å². The smallest absolute Gasteiger partial charge is 0.137 e. The summed E-state index contributed by atoms with van der Waals surface area (Å²) in [5.74, 6) is 0.883. The first-order chi connectivity index (χ1) is 12.6. The minimum absolute atomic E-state index is 0.483. The highest BCUT2D eigenvalue weighted by atomic mass is 16.5. The van der Waals surface area contributed by atoms with Crippen LogP contribution >= 0.6 is 0 Å². The standard InChI is InChI=1S/C19H24N6O/c1-14-6-15(2)25(22-14)18-10-23(11-18)8-16-4-5-19(26-3)17(7-16)9-24-13-20-12-21-24/h4-7,12-13,18H,8-11H2,1-3H3. The van der Waals surface area contributed by atoms with Gasteiger partial charge in [0.25, 0.3) is 0 Å². The van der Waals surface area contributed by atoms with Crippen LogP contribution < -0.4 is 4.74 Å². The van der Waals surface area contributed by atoms with E-state index in [4.69, 9.17) is 4.74 Å². The van der Waals surface area contributed by atoms with Gasteiger partial charge in [0, 0.05) is 30.9 Å². The SMILES string of the molecule is COc1ccc(CN2CC(n3nc(C)cc3C)C2)cc1Cn1cncn1. The van der Waals surface area contributed by atoms with E-state index in [1.54, 1.807) is 19.8 Å². The van der Waals surface area contributed by atoms with Crippen molar-refractivity contribution in [3.05, 3.63) is 59.4 Å². The third kappa shape index (κ3) is 3.35. The Morgan fingerprint density at radius 2 is 2.00 bits per heavy atom. The van der Waals surface area contributed by atoms with Gasteiger partial charge in [-0.25, -0.2) is 9.67 Å². The Kier molecular flexibility index (Phi) is 4.46. The van der Waals surface area contributed by atoms with E-state index in [0.717, 1.165) is 36.6 Å². The quantitative estimate of drug-likeness (QED) is 0.681. The van der Waals surface area contributed by atoms with Gasteiger partial charge in [-0.15, -0.1) is 0 Å². The molecule has 7 nitrogen and oxygen atoms in total. The van der Waals surface area contributed by atoms with Gasteiger partial charge < -0.3 is 4.74 Å². The highest BCUT2D eigenvalue weighted by Gasteiger charge is 2.29. The normalized spacial score (nSPS) is 15.2. The summed E-state index contributed by atoms with van der Waals surface area (Å²) in [5, 5.41) is 8.80. The first-order valence-electron chi connectivity index (χ1n) is 8.85. The molecule has 3 aromatic rings. The Morgan fingerprint density at radius 3 is 2.65 bits per heavy atom. The Labute approximate surface area is 153 Å². The van der Waals surface area contributed by atoms with E-state index in [1.807, 2.05) is 17.7 Å². The van der Waals surface area contributed by atoms with Gasteiger partial charge in [0.2, 0.25) is 0 Å². The van der Waals surface area contributed by atoms with Crippen molar-refractivity contribution < 1.29 is 4.74 Å². The summed E-state index contributed by atoms with van der Waals surface area (Å²) in [5.41, 5.74) is 4.74. The lowest BCUT2D eigenvalue weighted by Gasteiger charge is -2.39. The summed E-state index contributed by atoms with van der Waals surface area (Å²) in [4.78, 5) is 6.45. The second-order valence-electron chi connectivity index (χ2n) is 6.96. The van der Waals surface area contributed by atoms with Crippen LogP contribution in [0.3, 0.4) is 0 Å². The fraction of sp³-hybridized carbons (Fsp3) is 0.421. The lowest BCUT2D eigenvalue weighted by molar-refractivity contribution is 0.0893. The molecule has 0 aliphatic carbocycles. The van der Waals surface area contributed by atoms with Crippen LogP contribution in [0, 0.1) is 13.8 Å². The zero-order valence-corrected chi connectivity index (χ0v) is 15.5. The molecule has 4 rings (SSSR count). The number of hydrogen-bond acceptors (Lipinski definition) is 5. The third-order valence-electron chi connectivity index (χ3n) is 4.88. The number of nitrogens with zero attached hydrogens (tertiary/aromatic N) is 6. The van der Waals surface area contributed by atoms with Crippen LogP contribution in [0.5, 0.6) is 5.75 Å². The van der Waals surface area contributed by atoms with Crippen LogP contribution in [0.15, 0.2) is 36.9 Å². The van der Waals surface area contributed by atoms with Crippen molar-refractivity contribution in [1.29, 1.82) is 0 Å². The zero-order valence-electron chi connectivity index (χ0n) is 15.5. The van der Waals surface area contributed by atoms with E-state index in [2.05, 4.69) is 49.9 Å². The molecule has 1 aliphatic heterocycles. The van der Waals surface area contributed by atoms with E-state index in [9.17, 15) is 0 Å². The number of aromatic nitrogens is 5. The number of benzene rings is 1. The first kappa shape index (κ1) is 16.8. The molecule has 0 atom stereocenters. The van der Waals surface area contributed by atoms with Crippen LogP contribution in [-0.4, -0.2) is 49.6 Å². The summed E-state index contributed by atoms with van der Waals surface area (Å²) in [7, 11) is 1.70. The fourth-order valence-electron chi connectivity index (χ4n) is 3.64. The maximum atomic E-state index is 5.50. The minimum Gasteiger partial charge on any atom is -0.496 e. The summed E-state index contributed by atoms with van der Waals surface area (Å²) in [6.07, 6.45) is 3.27. The molecular weight excluding hydrogens is 328 g/mol. The van der Waals surface area contributed by atoms with Crippen molar-refractivity contribution in [3.8, 4) is 5.75 Å². The molecule has 0 saturated carbocycles. The van der Waals surface area contributed by atoms with Gasteiger partial charge in [0.1, 0.15) is 18.4 Å². The van der Waals surface area contributed by atoms with Gasteiger partial charge in [0.15, 0.2) is 0 Å². The number of likely N-dealkylation sites (tertiary alicyclic amines) is 1. The van der Waals surface area contributed by atoms with Gasteiger partial charge in [-0.2, -0.15) is 10.2 Å². The van der Waals surface area contributed by atoms with Crippen LogP contribution in [0.25, 0.3) is 0 Å². The molecule has 1 saturated heterocycles. The predicted octanol–water partition coefficient (Wildman–Crippen LogP) is 2.21. The van der Waals surface area contributed by atoms with E-state index < -0.39 is 0 Å². The van der Waals surface area contributed by atoms with Crippen molar-refractivity contribution in [3.63, 3.8) is 0 Å². The molecule has 0 bridgehead atoms. The van der Waals surface area contributed by atoms with Gasteiger partial charge in [0.05, 0.1) is 25.4 Å². The molecule has 0 radical (unpaired) electrons. The summed E-state index contributed by atoms with van der Waals surface area (Å²) in [6.45, 7) is 7.84. The number of ether oxygens (including phenoxy) is 1. The van der Waals surface area contributed by atoms with Crippen LogP contribution in [0.2, 0.25) is 0 Å². The molecule has 136 valence electrons. The molecule has 7 heteroatoms. The van der Waals surface area contributed by atoms with E-state index >= 15 is 0 Å². The van der Waals surface area contributed by atoms with Crippen molar-refractivity contribution >= 4 is 0 Å². The van der Waals surface area contributed by atoms with Crippen molar-refractivity contribution in [1.82, 2.24) is 29.4 Å². The van der Waals surface area contributed by atoms with Crippen molar-refractivity contribution in [2.45, 2.75) is 33.0 Å². The average Bonchev–Trinajstić information content (AvgIpc) is 3.20. The Balaban J connectivity index is 1.42. The maximum Gasteiger partial charge on any atom is 0.137 e. The van der Waals surface area contributed by atoms with E-state index in [-0.39, 0.29) is 0 Å². The van der Waals surface area contributed by atoms with Gasteiger partial charge in [-0.1, -0.05) is 6.07 Å². The Hall–Kier alpha value is -2.67.